The predicted octanol–water partition coefficient (Wildman–Crippen LogP) is 1.23. The fourth-order valence-corrected chi connectivity index (χ4v) is 2.75. The third kappa shape index (κ3) is 3.72. The van der Waals surface area contributed by atoms with Crippen molar-refractivity contribution < 1.29 is 27.5 Å². The number of hydrogen-bond donors (Lipinski definition) is 1. The fourth-order valence-electron chi connectivity index (χ4n) is 1.70. The van der Waals surface area contributed by atoms with Crippen LogP contribution < -0.4 is 10.1 Å². The molecule has 0 aliphatic heterocycles. The molecule has 0 heterocycles. The second-order valence-corrected chi connectivity index (χ2v) is 6.37. The average Bonchev–Trinajstić information content (AvgIpc) is 2.45. The normalized spacial score (nSPS) is 10.9. The van der Waals surface area contributed by atoms with E-state index in [4.69, 9.17) is 4.74 Å². The number of ether oxygens (including phenoxy) is 2. The highest BCUT2D eigenvalue weighted by Crippen LogP contribution is 2.31. The Morgan fingerprint density at radius 1 is 1.24 bits per heavy atom. The maximum atomic E-state index is 12.1. The average molecular weight is 315 g/mol. The van der Waals surface area contributed by atoms with Gasteiger partial charge in [0.1, 0.15) is 11.3 Å². The topological polar surface area (TPSA) is 98.8 Å². The van der Waals surface area contributed by atoms with E-state index in [9.17, 15) is 18.0 Å². The summed E-state index contributed by atoms with van der Waals surface area (Å²) in [6.07, 6.45) is 0. The Morgan fingerprint density at radius 2 is 1.86 bits per heavy atom. The van der Waals surface area contributed by atoms with Crippen LogP contribution in [0.25, 0.3) is 0 Å². The molecule has 0 fully saturated rings. The van der Waals surface area contributed by atoms with E-state index < -0.39 is 21.7 Å². The van der Waals surface area contributed by atoms with Crippen LogP contribution in [0, 0.1) is 0 Å². The van der Waals surface area contributed by atoms with Gasteiger partial charge in [0.25, 0.3) is 0 Å². The first-order valence-electron chi connectivity index (χ1n) is 6.07. The minimum Gasteiger partial charge on any atom is -0.496 e. The van der Waals surface area contributed by atoms with Gasteiger partial charge in [-0.3, -0.25) is 4.79 Å². The van der Waals surface area contributed by atoms with Crippen LogP contribution in [0.2, 0.25) is 0 Å². The van der Waals surface area contributed by atoms with Gasteiger partial charge in [0, 0.05) is 13.0 Å². The smallest absolute Gasteiger partial charge is 0.341 e. The lowest BCUT2D eigenvalue weighted by Gasteiger charge is -2.14. The van der Waals surface area contributed by atoms with Crippen LogP contribution in [0.4, 0.5) is 5.69 Å². The molecule has 1 N–H and O–H groups in total. The first kappa shape index (κ1) is 17.0. The van der Waals surface area contributed by atoms with Crippen molar-refractivity contribution in [2.75, 3.05) is 25.3 Å². The monoisotopic (exact) mass is 315 g/mol. The zero-order valence-corrected chi connectivity index (χ0v) is 13.0. The third-order valence-electron chi connectivity index (χ3n) is 2.73. The Bertz CT molecular complexity index is 665. The van der Waals surface area contributed by atoms with Gasteiger partial charge in [0.2, 0.25) is 5.91 Å². The summed E-state index contributed by atoms with van der Waals surface area (Å²) < 4.78 is 33.9. The summed E-state index contributed by atoms with van der Waals surface area (Å²) in [5.41, 5.74) is 0.0370. The number of carbonyl (C=O) groups is 2. The molecule has 0 unspecified atom stereocenters. The zero-order valence-electron chi connectivity index (χ0n) is 12.2. The SMILES string of the molecule is CCS(=O)(=O)c1cc(C(=O)OC)c(OC)cc1NC(C)=O. The molecule has 0 bridgehead atoms. The van der Waals surface area contributed by atoms with Crippen molar-refractivity contribution in [3.05, 3.63) is 17.7 Å². The number of rotatable bonds is 5. The number of methoxy groups -OCH3 is 2. The van der Waals surface area contributed by atoms with Gasteiger partial charge in [0.05, 0.1) is 30.6 Å². The van der Waals surface area contributed by atoms with E-state index >= 15 is 0 Å². The van der Waals surface area contributed by atoms with Gasteiger partial charge >= 0.3 is 5.97 Å². The number of carbonyl (C=O) groups excluding carboxylic acids is 2. The summed E-state index contributed by atoms with van der Waals surface area (Å²) in [4.78, 5) is 22.8. The Balaban J connectivity index is 3.64. The molecule has 0 saturated carbocycles. The Hall–Kier alpha value is -2.09. The number of benzene rings is 1. The molecular weight excluding hydrogens is 298 g/mol. The molecule has 1 aromatic rings. The molecule has 1 amide bonds. The molecule has 7 nitrogen and oxygen atoms in total. The molecule has 116 valence electrons. The lowest BCUT2D eigenvalue weighted by molar-refractivity contribution is -0.114. The molecule has 0 aromatic heterocycles. The zero-order chi connectivity index (χ0) is 16.2. The maximum absolute atomic E-state index is 12.1. The first-order chi connectivity index (χ1) is 9.76. The van der Waals surface area contributed by atoms with E-state index in [1.807, 2.05) is 0 Å². The highest BCUT2D eigenvalue weighted by molar-refractivity contribution is 7.91. The second-order valence-electron chi connectivity index (χ2n) is 4.12. The minimum atomic E-state index is -3.64. The summed E-state index contributed by atoms with van der Waals surface area (Å²) in [6.45, 7) is 2.72. The summed E-state index contributed by atoms with van der Waals surface area (Å²) >= 11 is 0. The number of amides is 1. The van der Waals surface area contributed by atoms with Gasteiger partial charge in [-0.2, -0.15) is 0 Å². The lowest BCUT2D eigenvalue weighted by atomic mass is 10.1. The Morgan fingerprint density at radius 3 is 2.29 bits per heavy atom. The van der Waals surface area contributed by atoms with Gasteiger partial charge in [0.15, 0.2) is 9.84 Å². The molecule has 21 heavy (non-hydrogen) atoms. The van der Waals surface area contributed by atoms with Crippen LogP contribution in [-0.2, 0) is 19.4 Å². The highest BCUT2D eigenvalue weighted by Gasteiger charge is 2.24. The van der Waals surface area contributed by atoms with Crippen molar-refractivity contribution in [1.82, 2.24) is 0 Å². The van der Waals surface area contributed by atoms with Gasteiger partial charge in [-0.1, -0.05) is 6.92 Å². The van der Waals surface area contributed by atoms with Gasteiger partial charge < -0.3 is 14.8 Å². The first-order valence-corrected chi connectivity index (χ1v) is 7.72. The predicted molar refractivity (Wildman–Crippen MR) is 76.4 cm³/mol. The Kier molecular flexibility index (Phi) is 5.31. The number of sulfone groups is 1. The minimum absolute atomic E-state index is 0.0267. The molecule has 0 spiro atoms. The van der Waals surface area contributed by atoms with Crippen molar-refractivity contribution in [2.24, 2.45) is 0 Å². The number of anilines is 1. The summed E-state index contributed by atoms with van der Waals surface area (Å²) in [6, 6.07) is 2.44. The molecule has 0 atom stereocenters. The van der Waals surface area contributed by atoms with Crippen LogP contribution in [0.3, 0.4) is 0 Å². The van der Waals surface area contributed by atoms with Crippen molar-refractivity contribution in [3.63, 3.8) is 0 Å². The quantitative estimate of drug-likeness (QED) is 0.821. The van der Waals surface area contributed by atoms with Crippen LogP contribution in [0.1, 0.15) is 24.2 Å². The van der Waals surface area contributed by atoms with Gasteiger partial charge in [-0.25, -0.2) is 13.2 Å². The van der Waals surface area contributed by atoms with E-state index in [1.54, 1.807) is 0 Å². The maximum Gasteiger partial charge on any atom is 0.341 e. The van der Waals surface area contributed by atoms with E-state index in [1.165, 1.54) is 34.1 Å². The second kappa shape index (κ2) is 6.57. The molecule has 8 heteroatoms. The van der Waals surface area contributed by atoms with Gasteiger partial charge in [-0.05, 0) is 6.07 Å². The van der Waals surface area contributed by atoms with E-state index in [0.717, 1.165) is 6.07 Å². The van der Waals surface area contributed by atoms with E-state index in [-0.39, 0.29) is 27.6 Å². The van der Waals surface area contributed by atoms with Crippen LogP contribution in [-0.4, -0.2) is 40.3 Å². The highest BCUT2D eigenvalue weighted by atomic mass is 32.2. The van der Waals surface area contributed by atoms with Crippen molar-refractivity contribution in [2.45, 2.75) is 18.7 Å². The van der Waals surface area contributed by atoms with Crippen molar-refractivity contribution in [3.8, 4) is 5.75 Å². The van der Waals surface area contributed by atoms with Crippen LogP contribution in [0.15, 0.2) is 17.0 Å². The number of esters is 1. The van der Waals surface area contributed by atoms with Crippen molar-refractivity contribution >= 4 is 27.4 Å². The van der Waals surface area contributed by atoms with Crippen molar-refractivity contribution in [1.29, 1.82) is 0 Å². The third-order valence-corrected chi connectivity index (χ3v) is 4.50. The molecule has 0 aliphatic carbocycles. The molecule has 1 rings (SSSR count). The standard InChI is InChI=1S/C13H17NO6S/c1-5-21(17,18)12-6-9(13(16)20-4)11(19-3)7-10(12)14-8(2)15/h6-7H,5H2,1-4H3,(H,14,15). The Labute approximate surface area is 123 Å². The summed E-state index contributed by atoms with van der Waals surface area (Å²) in [7, 11) is -1.14. The number of nitrogens with one attached hydrogen (secondary N) is 1. The van der Waals surface area contributed by atoms with E-state index in [2.05, 4.69) is 10.1 Å². The number of hydrogen-bond acceptors (Lipinski definition) is 6. The van der Waals surface area contributed by atoms with Gasteiger partial charge in [-0.15, -0.1) is 0 Å². The van der Waals surface area contributed by atoms with Crippen LogP contribution >= 0.6 is 0 Å². The molecule has 0 aliphatic rings. The fraction of sp³-hybridized carbons (Fsp3) is 0.385. The lowest BCUT2D eigenvalue weighted by Crippen LogP contribution is -2.15. The molecular formula is C13H17NO6S. The summed E-state index contributed by atoms with van der Waals surface area (Å²) in [5, 5.41) is 2.42. The largest absolute Gasteiger partial charge is 0.496 e. The van der Waals surface area contributed by atoms with Crippen LogP contribution in [0.5, 0.6) is 5.75 Å². The van der Waals surface area contributed by atoms with E-state index in [0.29, 0.717) is 0 Å². The molecule has 0 radical (unpaired) electrons. The molecule has 1 aromatic carbocycles. The summed E-state index contributed by atoms with van der Waals surface area (Å²) in [5.74, 6) is -1.23. The molecule has 0 saturated heterocycles.